The van der Waals surface area contributed by atoms with Crippen LogP contribution in [0.5, 0.6) is 0 Å². The first-order valence-corrected chi connectivity index (χ1v) is 12.8. The van der Waals surface area contributed by atoms with E-state index in [1.54, 1.807) is 5.56 Å². The molecule has 4 nitrogen and oxygen atoms in total. The van der Waals surface area contributed by atoms with Crippen LogP contribution < -0.4 is 5.32 Å². The van der Waals surface area contributed by atoms with Crippen molar-refractivity contribution in [2.75, 3.05) is 13.1 Å². The van der Waals surface area contributed by atoms with Crippen LogP contribution in [0.1, 0.15) is 80.5 Å². The van der Waals surface area contributed by atoms with Crippen molar-refractivity contribution in [2.45, 2.75) is 88.8 Å². The van der Waals surface area contributed by atoms with Gasteiger partial charge in [0, 0.05) is 17.5 Å². The second-order valence-corrected chi connectivity index (χ2v) is 11.3. The van der Waals surface area contributed by atoms with E-state index in [4.69, 9.17) is 4.74 Å². The van der Waals surface area contributed by atoms with Crippen LogP contribution in [0.3, 0.4) is 0 Å². The van der Waals surface area contributed by atoms with E-state index in [-0.39, 0.29) is 17.7 Å². The minimum Gasteiger partial charge on any atom is -0.446 e. The van der Waals surface area contributed by atoms with E-state index in [1.807, 2.05) is 20.8 Å². The Bertz CT molecular complexity index is 971. The SMILES string of the molecule is CC(C)(C)NC(=O)OC1CC(c2ccc3c(c2)[C@@H](Cc2ccccc2)[C@@H](N2CCC2)CC3)C1. The van der Waals surface area contributed by atoms with Crippen LogP contribution in [-0.4, -0.2) is 41.8 Å². The number of likely N-dealkylation sites (tertiary alicyclic amines) is 1. The Hall–Kier alpha value is -2.33. The lowest BCUT2D eigenvalue weighted by Gasteiger charge is -2.46. The van der Waals surface area contributed by atoms with Gasteiger partial charge in [-0.05, 0) is 101 Å². The van der Waals surface area contributed by atoms with Crippen LogP contribution in [0.25, 0.3) is 0 Å². The van der Waals surface area contributed by atoms with Crippen molar-refractivity contribution in [2.24, 2.45) is 0 Å². The number of fused-ring (bicyclic) bond motifs is 1. The molecule has 5 rings (SSSR count). The lowest BCUT2D eigenvalue weighted by Crippen LogP contribution is -2.50. The maximum absolute atomic E-state index is 12.1. The summed E-state index contributed by atoms with van der Waals surface area (Å²) < 4.78 is 5.64. The smallest absolute Gasteiger partial charge is 0.407 e. The largest absolute Gasteiger partial charge is 0.446 e. The first-order chi connectivity index (χ1) is 15.9. The Balaban J connectivity index is 1.30. The Kier molecular flexibility index (Phi) is 6.22. The van der Waals surface area contributed by atoms with Gasteiger partial charge in [-0.1, -0.05) is 48.5 Å². The quantitative estimate of drug-likeness (QED) is 0.631. The van der Waals surface area contributed by atoms with Gasteiger partial charge in [0.05, 0.1) is 0 Å². The average molecular weight is 447 g/mol. The van der Waals surface area contributed by atoms with E-state index in [9.17, 15) is 4.79 Å². The number of benzene rings is 2. The molecule has 0 aromatic heterocycles. The van der Waals surface area contributed by atoms with Crippen molar-refractivity contribution in [1.29, 1.82) is 0 Å². The van der Waals surface area contributed by atoms with Crippen LogP contribution in [0.15, 0.2) is 48.5 Å². The summed E-state index contributed by atoms with van der Waals surface area (Å²) in [5, 5.41) is 2.90. The Morgan fingerprint density at radius 1 is 1.09 bits per heavy atom. The van der Waals surface area contributed by atoms with Crippen molar-refractivity contribution in [3.63, 3.8) is 0 Å². The van der Waals surface area contributed by atoms with E-state index in [0.717, 1.165) is 19.3 Å². The van der Waals surface area contributed by atoms with Crippen LogP contribution in [0.4, 0.5) is 4.79 Å². The summed E-state index contributed by atoms with van der Waals surface area (Å²) in [6.45, 7) is 8.44. The van der Waals surface area contributed by atoms with Crippen LogP contribution >= 0.6 is 0 Å². The number of aryl methyl sites for hydroxylation is 1. The van der Waals surface area contributed by atoms with E-state index in [0.29, 0.717) is 17.9 Å². The van der Waals surface area contributed by atoms with Crippen LogP contribution in [-0.2, 0) is 17.6 Å². The summed E-state index contributed by atoms with van der Waals surface area (Å²) in [5.41, 5.74) is 5.70. The molecule has 176 valence electrons. The molecule has 2 aromatic rings. The van der Waals surface area contributed by atoms with Crippen molar-refractivity contribution >= 4 is 6.09 Å². The molecule has 2 fully saturated rings. The Morgan fingerprint density at radius 2 is 1.85 bits per heavy atom. The molecule has 4 heteroatoms. The van der Waals surface area contributed by atoms with Gasteiger partial charge >= 0.3 is 6.09 Å². The third-order valence-electron chi connectivity index (χ3n) is 7.72. The summed E-state index contributed by atoms with van der Waals surface area (Å²) in [6, 6.07) is 18.9. The zero-order valence-electron chi connectivity index (χ0n) is 20.3. The van der Waals surface area contributed by atoms with Crippen molar-refractivity contribution < 1.29 is 9.53 Å². The summed E-state index contributed by atoms with van der Waals surface area (Å²) >= 11 is 0. The van der Waals surface area contributed by atoms with Gasteiger partial charge in [0.2, 0.25) is 0 Å². The van der Waals surface area contributed by atoms with Gasteiger partial charge in [-0.25, -0.2) is 4.79 Å². The molecule has 2 atom stereocenters. The number of nitrogens with zero attached hydrogens (tertiary/aromatic N) is 1. The van der Waals surface area contributed by atoms with E-state index < -0.39 is 0 Å². The number of alkyl carbamates (subject to hydrolysis) is 1. The summed E-state index contributed by atoms with van der Waals surface area (Å²) in [5.74, 6) is 1.05. The van der Waals surface area contributed by atoms with Gasteiger partial charge in [0.1, 0.15) is 6.10 Å². The lowest BCUT2D eigenvalue weighted by molar-refractivity contribution is 0.0357. The first-order valence-electron chi connectivity index (χ1n) is 12.8. The molecule has 1 N–H and O–H groups in total. The molecule has 33 heavy (non-hydrogen) atoms. The number of ether oxygens (including phenoxy) is 1. The van der Waals surface area contributed by atoms with Gasteiger partial charge in [0.25, 0.3) is 0 Å². The normalized spacial score (nSPS) is 27.1. The fourth-order valence-corrected chi connectivity index (χ4v) is 5.80. The van der Waals surface area contributed by atoms with Crippen molar-refractivity contribution in [1.82, 2.24) is 10.2 Å². The predicted octanol–water partition coefficient (Wildman–Crippen LogP) is 5.80. The number of carbonyl (C=O) groups is 1. The zero-order chi connectivity index (χ0) is 23.0. The zero-order valence-corrected chi connectivity index (χ0v) is 20.3. The standard InChI is InChI=1S/C29H38N2O2/c1-29(2,3)30-28(32)33-24-17-23(18-24)22-11-10-21-12-13-27(31-14-7-15-31)26(25(21)19-22)16-20-8-5-4-6-9-20/h4-6,8-11,19,23-24,26-27H,7,12-18H2,1-3H3,(H,30,32)/t23?,24?,26-,27+/m1/s1. The highest BCUT2D eigenvalue weighted by atomic mass is 16.6. The highest BCUT2D eigenvalue weighted by Gasteiger charge is 2.38. The molecular weight excluding hydrogens is 408 g/mol. The third kappa shape index (κ3) is 5.11. The molecule has 1 saturated carbocycles. The molecule has 1 heterocycles. The number of hydrogen-bond acceptors (Lipinski definition) is 3. The molecular formula is C29H38N2O2. The van der Waals surface area contributed by atoms with Gasteiger partial charge in [-0.3, -0.25) is 4.90 Å². The summed E-state index contributed by atoms with van der Waals surface area (Å²) in [7, 11) is 0. The molecule has 2 aliphatic carbocycles. The fraction of sp³-hybridized carbons (Fsp3) is 0.552. The number of hydrogen-bond donors (Lipinski definition) is 1. The van der Waals surface area contributed by atoms with Crippen LogP contribution in [0.2, 0.25) is 0 Å². The fourth-order valence-electron chi connectivity index (χ4n) is 5.80. The molecule has 1 saturated heterocycles. The monoisotopic (exact) mass is 446 g/mol. The minimum absolute atomic E-state index is 0.0299. The Morgan fingerprint density at radius 3 is 2.52 bits per heavy atom. The minimum atomic E-state index is -0.295. The topological polar surface area (TPSA) is 41.6 Å². The first kappa shape index (κ1) is 22.5. The molecule has 0 bridgehead atoms. The van der Waals surface area contributed by atoms with Crippen molar-refractivity contribution in [3.05, 3.63) is 70.8 Å². The highest BCUT2D eigenvalue weighted by Crippen LogP contribution is 2.43. The maximum atomic E-state index is 12.1. The Labute approximate surface area is 198 Å². The van der Waals surface area contributed by atoms with E-state index in [2.05, 4.69) is 58.7 Å². The number of rotatable bonds is 5. The number of amides is 1. The number of carbonyl (C=O) groups excluding carboxylic acids is 1. The van der Waals surface area contributed by atoms with Crippen molar-refractivity contribution in [3.8, 4) is 0 Å². The third-order valence-corrected chi connectivity index (χ3v) is 7.72. The highest BCUT2D eigenvalue weighted by molar-refractivity contribution is 5.68. The molecule has 3 aliphatic rings. The maximum Gasteiger partial charge on any atom is 0.407 e. The molecule has 2 aromatic carbocycles. The molecule has 0 radical (unpaired) electrons. The number of nitrogens with one attached hydrogen (secondary N) is 1. The second kappa shape index (κ2) is 9.13. The van der Waals surface area contributed by atoms with Gasteiger partial charge in [0.15, 0.2) is 0 Å². The molecule has 1 amide bonds. The molecule has 0 spiro atoms. The van der Waals surface area contributed by atoms with E-state index in [1.165, 1.54) is 49.0 Å². The summed E-state index contributed by atoms with van der Waals surface area (Å²) in [6.07, 6.45) is 6.50. The molecule has 1 aliphatic heterocycles. The lowest BCUT2D eigenvalue weighted by atomic mass is 9.71. The average Bonchev–Trinajstić information content (AvgIpc) is 2.70. The van der Waals surface area contributed by atoms with Gasteiger partial charge in [-0.15, -0.1) is 0 Å². The van der Waals surface area contributed by atoms with Gasteiger partial charge < -0.3 is 10.1 Å². The predicted molar refractivity (Wildman–Crippen MR) is 133 cm³/mol. The van der Waals surface area contributed by atoms with Gasteiger partial charge in [-0.2, -0.15) is 0 Å². The van der Waals surface area contributed by atoms with Crippen LogP contribution in [0, 0.1) is 0 Å². The molecule has 0 unspecified atom stereocenters. The summed E-state index contributed by atoms with van der Waals surface area (Å²) in [4.78, 5) is 14.8. The van der Waals surface area contributed by atoms with E-state index >= 15 is 0 Å². The second-order valence-electron chi connectivity index (χ2n) is 11.3.